The first-order valence-electron chi connectivity index (χ1n) is 5.26. The van der Waals surface area contributed by atoms with Gasteiger partial charge in [0.2, 0.25) is 0 Å². The number of rotatable bonds is 2. The summed E-state index contributed by atoms with van der Waals surface area (Å²) in [5.74, 6) is -1.76. The molecule has 84 valence electrons. The molecule has 0 bridgehead atoms. The molecule has 3 N–H and O–H groups in total. The fourth-order valence-electron chi connectivity index (χ4n) is 2.65. The lowest BCUT2D eigenvalue weighted by Crippen LogP contribution is -2.67. The Hall–Kier alpha value is -1.10. The predicted molar refractivity (Wildman–Crippen MR) is 51.5 cm³/mol. The van der Waals surface area contributed by atoms with E-state index in [1.807, 2.05) is 0 Å². The second kappa shape index (κ2) is 3.48. The molecule has 2 fully saturated rings. The number of carboxylic acid groups (broad SMARTS) is 2. The van der Waals surface area contributed by atoms with Crippen molar-refractivity contribution >= 4 is 11.9 Å². The number of hydrogen-bond donors (Lipinski definition) is 3. The van der Waals surface area contributed by atoms with E-state index in [-0.39, 0.29) is 11.5 Å². The van der Waals surface area contributed by atoms with Gasteiger partial charge < -0.3 is 10.2 Å². The minimum Gasteiger partial charge on any atom is -0.481 e. The maximum atomic E-state index is 10.7. The van der Waals surface area contributed by atoms with Crippen molar-refractivity contribution in [1.82, 2.24) is 5.32 Å². The first-order valence-corrected chi connectivity index (χ1v) is 5.26. The van der Waals surface area contributed by atoms with Crippen molar-refractivity contribution in [2.45, 2.75) is 43.7 Å². The Labute approximate surface area is 87.5 Å². The topological polar surface area (TPSA) is 86.6 Å². The normalized spacial score (nSPS) is 39.7. The average molecular weight is 213 g/mol. The summed E-state index contributed by atoms with van der Waals surface area (Å²) in [6.45, 7) is 0. The summed E-state index contributed by atoms with van der Waals surface area (Å²) in [5, 5.41) is 20.6. The Kier molecular flexibility index (Phi) is 2.42. The fourth-order valence-corrected chi connectivity index (χ4v) is 2.65. The summed E-state index contributed by atoms with van der Waals surface area (Å²) in [7, 11) is 0. The van der Waals surface area contributed by atoms with Gasteiger partial charge in [0.05, 0.1) is 5.92 Å². The van der Waals surface area contributed by atoms with Gasteiger partial charge in [-0.3, -0.25) is 14.9 Å². The summed E-state index contributed by atoms with van der Waals surface area (Å²) >= 11 is 0. The van der Waals surface area contributed by atoms with Crippen LogP contribution in [0.15, 0.2) is 0 Å². The fraction of sp³-hybridized carbons (Fsp3) is 0.800. The van der Waals surface area contributed by atoms with Crippen molar-refractivity contribution in [2.24, 2.45) is 5.92 Å². The van der Waals surface area contributed by atoms with Crippen molar-refractivity contribution in [3.63, 3.8) is 0 Å². The zero-order valence-electron chi connectivity index (χ0n) is 8.40. The van der Waals surface area contributed by atoms with Gasteiger partial charge in [0, 0.05) is 5.54 Å². The number of hydrogen-bond acceptors (Lipinski definition) is 3. The first-order chi connectivity index (χ1) is 7.02. The quantitative estimate of drug-likeness (QED) is 0.619. The van der Waals surface area contributed by atoms with Crippen LogP contribution in [0.2, 0.25) is 0 Å². The number of carbonyl (C=O) groups is 2. The standard InChI is InChI=1S/C10H15NO4/c12-8(13)6-1-3-10(4-2-6)5-7(11-10)9(14)15/h6-7,11H,1-5H2,(H,12,13)(H,14,15). The Bertz CT molecular complexity index is 286. The third-order valence-electron chi connectivity index (χ3n) is 3.67. The summed E-state index contributed by atoms with van der Waals surface area (Å²) < 4.78 is 0. The van der Waals surface area contributed by atoms with Gasteiger partial charge in [-0.25, -0.2) is 0 Å². The van der Waals surface area contributed by atoms with E-state index in [9.17, 15) is 9.59 Å². The molecule has 0 aromatic rings. The van der Waals surface area contributed by atoms with Crippen molar-refractivity contribution in [3.05, 3.63) is 0 Å². The minimum absolute atomic E-state index is 0.0744. The number of aliphatic carboxylic acids is 2. The second-order valence-corrected chi connectivity index (χ2v) is 4.63. The lowest BCUT2D eigenvalue weighted by Gasteiger charge is -2.50. The summed E-state index contributed by atoms with van der Waals surface area (Å²) in [6, 6.07) is -0.425. The molecule has 1 heterocycles. The van der Waals surface area contributed by atoms with Gasteiger partial charge in [-0.2, -0.15) is 0 Å². The SMILES string of the molecule is O=C(O)C1CCC2(CC1)CC(C(=O)O)N2. The Morgan fingerprint density at radius 1 is 1.13 bits per heavy atom. The molecule has 1 atom stereocenters. The van der Waals surface area contributed by atoms with Crippen LogP contribution in [-0.2, 0) is 9.59 Å². The molecule has 1 spiro atoms. The lowest BCUT2D eigenvalue weighted by molar-refractivity contribution is -0.148. The van der Waals surface area contributed by atoms with Crippen molar-refractivity contribution < 1.29 is 19.8 Å². The highest BCUT2D eigenvalue weighted by molar-refractivity contribution is 5.75. The van der Waals surface area contributed by atoms with Gasteiger partial charge in [-0.15, -0.1) is 0 Å². The molecule has 5 nitrogen and oxygen atoms in total. The molecular weight excluding hydrogens is 198 g/mol. The maximum absolute atomic E-state index is 10.7. The van der Waals surface area contributed by atoms with E-state index in [0.29, 0.717) is 19.3 Å². The van der Waals surface area contributed by atoms with E-state index in [2.05, 4.69) is 5.32 Å². The molecule has 5 heteroatoms. The highest BCUT2D eigenvalue weighted by Crippen LogP contribution is 2.40. The van der Waals surface area contributed by atoms with E-state index in [0.717, 1.165) is 12.8 Å². The molecule has 1 unspecified atom stereocenters. The molecule has 1 aliphatic carbocycles. The average Bonchev–Trinajstić information content (AvgIpc) is 2.13. The number of nitrogens with one attached hydrogen (secondary N) is 1. The van der Waals surface area contributed by atoms with Crippen LogP contribution < -0.4 is 5.32 Å². The minimum atomic E-state index is -0.805. The monoisotopic (exact) mass is 213 g/mol. The van der Waals surface area contributed by atoms with E-state index < -0.39 is 18.0 Å². The van der Waals surface area contributed by atoms with Crippen LogP contribution in [0.4, 0.5) is 0 Å². The van der Waals surface area contributed by atoms with E-state index >= 15 is 0 Å². The molecule has 1 saturated carbocycles. The molecule has 0 aromatic carbocycles. The molecule has 1 aliphatic heterocycles. The summed E-state index contributed by atoms with van der Waals surface area (Å²) in [5.41, 5.74) is -0.0744. The summed E-state index contributed by atoms with van der Waals surface area (Å²) in [4.78, 5) is 21.4. The second-order valence-electron chi connectivity index (χ2n) is 4.63. The van der Waals surface area contributed by atoms with E-state index in [1.54, 1.807) is 0 Å². The van der Waals surface area contributed by atoms with Crippen LogP contribution in [0.25, 0.3) is 0 Å². The van der Waals surface area contributed by atoms with Gasteiger partial charge in [0.25, 0.3) is 0 Å². The summed E-state index contributed by atoms with van der Waals surface area (Å²) in [6.07, 6.45) is 3.54. The molecule has 2 aliphatic rings. The third-order valence-corrected chi connectivity index (χ3v) is 3.67. The Morgan fingerprint density at radius 2 is 1.67 bits per heavy atom. The van der Waals surface area contributed by atoms with Crippen molar-refractivity contribution in [3.8, 4) is 0 Å². The van der Waals surface area contributed by atoms with E-state index in [4.69, 9.17) is 10.2 Å². The molecule has 0 amide bonds. The molecule has 0 aromatic heterocycles. The molecule has 0 radical (unpaired) electrons. The van der Waals surface area contributed by atoms with Crippen LogP contribution in [0.5, 0.6) is 0 Å². The van der Waals surface area contributed by atoms with Crippen LogP contribution in [0.3, 0.4) is 0 Å². The smallest absolute Gasteiger partial charge is 0.320 e. The van der Waals surface area contributed by atoms with Crippen molar-refractivity contribution in [1.29, 1.82) is 0 Å². The van der Waals surface area contributed by atoms with Gasteiger partial charge in [-0.1, -0.05) is 0 Å². The molecule has 2 rings (SSSR count). The predicted octanol–water partition coefficient (Wildman–Crippen LogP) is 0.446. The van der Waals surface area contributed by atoms with Crippen LogP contribution in [0, 0.1) is 5.92 Å². The third kappa shape index (κ3) is 1.84. The van der Waals surface area contributed by atoms with Gasteiger partial charge in [-0.05, 0) is 32.1 Å². The van der Waals surface area contributed by atoms with E-state index in [1.165, 1.54) is 0 Å². The van der Waals surface area contributed by atoms with Gasteiger partial charge in [0.1, 0.15) is 6.04 Å². The zero-order valence-corrected chi connectivity index (χ0v) is 8.40. The Morgan fingerprint density at radius 3 is 2.07 bits per heavy atom. The lowest BCUT2D eigenvalue weighted by atomic mass is 9.68. The molecule has 1 saturated heterocycles. The molecular formula is C10H15NO4. The van der Waals surface area contributed by atoms with Crippen LogP contribution in [-0.4, -0.2) is 33.7 Å². The van der Waals surface area contributed by atoms with Crippen molar-refractivity contribution in [2.75, 3.05) is 0 Å². The molecule has 15 heavy (non-hydrogen) atoms. The van der Waals surface area contributed by atoms with Crippen LogP contribution in [0.1, 0.15) is 32.1 Å². The van der Waals surface area contributed by atoms with Gasteiger partial charge in [0.15, 0.2) is 0 Å². The first kappa shape index (κ1) is 10.4. The zero-order chi connectivity index (χ0) is 11.1. The van der Waals surface area contributed by atoms with Crippen LogP contribution >= 0.6 is 0 Å². The largest absolute Gasteiger partial charge is 0.481 e. The maximum Gasteiger partial charge on any atom is 0.320 e. The number of carboxylic acids is 2. The highest BCUT2D eigenvalue weighted by Gasteiger charge is 2.48. The van der Waals surface area contributed by atoms with Gasteiger partial charge >= 0.3 is 11.9 Å². The highest BCUT2D eigenvalue weighted by atomic mass is 16.4. The Balaban J connectivity index is 1.85.